The lowest BCUT2D eigenvalue weighted by molar-refractivity contribution is -0.126. The zero-order valence-electron chi connectivity index (χ0n) is 5.49. The molecule has 0 bridgehead atoms. The first kappa shape index (κ1) is 9.00. The Morgan fingerprint density at radius 3 is 1.70 bits per heavy atom. The van der Waals surface area contributed by atoms with E-state index in [2.05, 4.69) is 0 Å². The molecular weight excluding hydrogens is 147 g/mol. The lowest BCUT2D eigenvalue weighted by Gasteiger charge is -2.05. The van der Waals surface area contributed by atoms with Crippen LogP contribution in [0.3, 0.4) is 0 Å². The van der Waals surface area contributed by atoms with Crippen LogP contribution < -0.4 is 0 Å². The summed E-state index contributed by atoms with van der Waals surface area (Å²) in [6.45, 7) is 0. The van der Waals surface area contributed by atoms with E-state index in [1.165, 1.54) is 14.1 Å². The highest BCUT2D eigenvalue weighted by molar-refractivity contribution is 5.90. The molecule has 0 aliphatic heterocycles. The average Bonchev–Trinajstić information content (AvgIpc) is 1.84. The van der Waals surface area contributed by atoms with Gasteiger partial charge in [0.25, 0.3) is 11.7 Å². The van der Waals surface area contributed by atoms with Crippen LogP contribution in [0.2, 0.25) is 0 Å². The minimum atomic E-state index is -2.58. The van der Waals surface area contributed by atoms with Crippen LogP contribution in [0.15, 0.2) is 11.9 Å². The van der Waals surface area contributed by atoms with Crippen molar-refractivity contribution in [3.05, 3.63) is 11.9 Å². The average molecular weight is 153 g/mol. The Balaban J connectivity index is 4.38. The third kappa shape index (κ3) is 2.08. The van der Waals surface area contributed by atoms with E-state index in [1.54, 1.807) is 0 Å². The number of likely N-dealkylation sites (N-methyl/N-ethyl adjacent to an activating group) is 1. The first-order chi connectivity index (χ1) is 4.46. The van der Waals surface area contributed by atoms with E-state index in [9.17, 15) is 18.0 Å². The predicted molar refractivity (Wildman–Crippen MR) is 29.0 cm³/mol. The summed E-state index contributed by atoms with van der Waals surface area (Å²) >= 11 is 0. The third-order valence-electron chi connectivity index (χ3n) is 0.760. The molecule has 0 aromatic carbocycles. The molecule has 0 saturated heterocycles. The van der Waals surface area contributed by atoms with Gasteiger partial charge in [-0.3, -0.25) is 4.79 Å². The summed E-state index contributed by atoms with van der Waals surface area (Å²) in [6, 6.07) is 0. The largest absolute Gasteiger partial charge is 0.343 e. The van der Waals surface area contributed by atoms with E-state index in [-0.39, 0.29) is 0 Å². The highest BCUT2D eigenvalue weighted by Gasteiger charge is 2.16. The third-order valence-corrected chi connectivity index (χ3v) is 0.760. The molecule has 0 N–H and O–H groups in total. The first-order valence-corrected chi connectivity index (χ1v) is 2.39. The van der Waals surface area contributed by atoms with E-state index < -0.39 is 17.8 Å². The Morgan fingerprint density at radius 1 is 1.20 bits per heavy atom. The number of amides is 1. The number of halogens is 3. The normalized spacial score (nSPS) is 8.90. The van der Waals surface area contributed by atoms with Gasteiger partial charge in [0.05, 0.1) is 0 Å². The molecule has 0 aromatic heterocycles. The molecular formula is C5H6F3NO. The zero-order chi connectivity index (χ0) is 8.31. The molecule has 0 aliphatic carbocycles. The monoisotopic (exact) mass is 153 g/mol. The van der Waals surface area contributed by atoms with E-state index in [4.69, 9.17) is 0 Å². The van der Waals surface area contributed by atoms with Gasteiger partial charge in [0, 0.05) is 14.1 Å². The molecule has 0 spiro atoms. The maximum absolute atomic E-state index is 11.9. The van der Waals surface area contributed by atoms with Gasteiger partial charge in [0.1, 0.15) is 0 Å². The SMILES string of the molecule is CN(C)C(=O)C(F)=C(F)F. The molecule has 0 heterocycles. The van der Waals surface area contributed by atoms with Crippen molar-refractivity contribution >= 4 is 5.91 Å². The number of hydrogen-bond donors (Lipinski definition) is 0. The van der Waals surface area contributed by atoms with E-state index in [1.807, 2.05) is 0 Å². The molecule has 0 atom stereocenters. The van der Waals surface area contributed by atoms with Crippen molar-refractivity contribution in [1.82, 2.24) is 4.90 Å². The molecule has 1 amide bonds. The second kappa shape index (κ2) is 3.24. The summed E-state index contributed by atoms with van der Waals surface area (Å²) in [5.41, 5.74) is 0. The topological polar surface area (TPSA) is 20.3 Å². The summed E-state index contributed by atoms with van der Waals surface area (Å²) in [6.07, 6.45) is -2.58. The number of carbonyl (C=O) groups is 1. The summed E-state index contributed by atoms with van der Waals surface area (Å²) in [5.74, 6) is -3.31. The second-order valence-corrected chi connectivity index (χ2v) is 1.77. The van der Waals surface area contributed by atoms with Gasteiger partial charge in [-0.15, -0.1) is 0 Å². The fourth-order valence-electron chi connectivity index (χ4n) is 0.277. The smallest absolute Gasteiger partial charge is 0.311 e. The van der Waals surface area contributed by atoms with Gasteiger partial charge < -0.3 is 4.90 Å². The Kier molecular flexibility index (Phi) is 2.92. The molecule has 0 aliphatic rings. The summed E-state index contributed by atoms with van der Waals surface area (Å²) < 4.78 is 34.5. The van der Waals surface area contributed by atoms with Crippen LogP contribution in [0.25, 0.3) is 0 Å². The van der Waals surface area contributed by atoms with Crippen LogP contribution in [0, 0.1) is 0 Å². The lowest BCUT2D eigenvalue weighted by Crippen LogP contribution is -2.22. The van der Waals surface area contributed by atoms with Crippen molar-refractivity contribution in [3.63, 3.8) is 0 Å². The fraction of sp³-hybridized carbons (Fsp3) is 0.400. The number of carbonyl (C=O) groups excluding carboxylic acids is 1. The number of hydrogen-bond acceptors (Lipinski definition) is 1. The minimum absolute atomic E-state index is 0.731. The minimum Gasteiger partial charge on any atom is -0.343 e. The molecule has 0 unspecified atom stereocenters. The Labute approximate surface area is 55.9 Å². The Bertz CT molecular complexity index is 172. The molecule has 0 rings (SSSR count). The van der Waals surface area contributed by atoms with Crippen molar-refractivity contribution in [2.24, 2.45) is 0 Å². The first-order valence-electron chi connectivity index (χ1n) is 2.39. The van der Waals surface area contributed by atoms with Crippen LogP contribution in [-0.4, -0.2) is 24.9 Å². The molecule has 0 aromatic rings. The summed E-state index contributed by atoms with van der Waals surface area (Å²) in [5, 5.41) is 0. The van der Waals surface area contributed by atoms with Gasteiger partial charge in [0.2, 0.25) is 0 Å². The van der Waals surface area contributed by atoms with Gasteiger partial charge in [0.15, 0.2) is 0 Å². The summed E-state index contributed by atoms with van der Waals surface area (Å²) in [7, 11) is 2.37. The maximum Gasteiger partial charge on any atom is 0.311 e. The van der Waals surface area contributed by atoms with E-state index in [0.717, 1.165) is 4.90 Å². The van der Waals surface area contributed by atoms with Gasteiger partial charge in [-0.2, -0.15) is 13.2 Å². The number of rotatable bonds is 1. The Morgan fingerprint density at radius 2 is 1.60 bits per heavy atom. The van der Waals surface area contributed by atoms with E-state index in [0.29, 0.717) is 0 Å². The maximum atomic E-state index is 11.9. The molecule has 0 radical (unpaired) electrons. The highest BCUT2D eigenvalue weighted by atomic mass is 19.3. The van der Waals surface area contributed by atoms with Crippen molar-refractivity contribution in [2.75, 3.05) is 14.1 Å². The van der Waals surface area contributed by atoms with E-state index >= 15 is 0 Å². The molecule has 0 saturated carbocycles. The quantitative estimate of drug-likeness (QED) is 0.517. The standard InChI is InChI=1S/C5H6F3NO/c1-9(2)5(10)3(6)4(7)8/h1-2H3. The number of nitrogens with zero attached hydrogens (tertiary/aromatic N) is 1. The van der Waals surface area contributed by atoms with Crippen molar-refractivity contribution in [3.8, 4) is 0 Å². The van der Waals surface area contributed by atoms with Crippen molar-refractivity contribution in [1.29, 1.82) is 0 Å². The highest BCUT2D eigenvalue weighted by Crippen LogP contribution is 2.10. The molecule has 58 valence electrons. The van der Waals surface area contributed by atoms with Gasteiger partial charge in [-0.1, -0.05) is 0 Å². The second-order valence-electron chi connectivity index (χ2n) is 1.77. The molecule has 5 heteroatoms. The molecule has 10 heavy (non-hydrogen) atoms. The predicted octanol–water partition coefficient (Wildman–Crippen LogP) is 1.15. The van der Waals surface area contributed by atoms with Crippen LogP contribution in [0.4, 0.5) is 13.2 Å². The van der Waals surface area contributed by atoms with Crippen LogP contribution in [0.1, 0.15) is 0 Å². The molecule has 2 nitrogen and oxygen atoms in total. The van der Waals surface area contributed by atoms with Crippen LogP contribution >= 0.6 is 0 Å². The van der Waals surface area contributed by atoms with Gasteiger partial charge in [-0.05, 0) is 0 Å². The van der Waals surface area contributed by atoms with Crippen molar-refractivity contribution in [2.45, 2.75) is 0 Å². The lowest BCUT2D eigenvalue weighted by atomic mass is 10.5. The Hall–Kier alpha value is -1.00. The van der Waals surface area contributed by atoms with Gasteiger partial charge in [-0.25, -0.2) is 0 Å². The fourth-order valence-corrected chi connectivity index (χ4v) is 0.277. The van der Waals surface area contributed by atoms with Crippen molar-refractivity contribution < 1.29 is 18.0 Å². The molecule has 0 fully saturated rings. The summed E-state index contributed by atoms with van der Waals surface area (Å²) in [4.78, 5) is 11.0. The zero-order valence-corrected chi connectivity index (χ0v) is 5.49. The van der Waals surface area contributed by atoms with Crippen LogP contribution in [0.5, 0.6) is 0 Å². The van der Waals surface area contributed by atoms with Gasteiger partial charge >= 0.3 is 6.08 Å². The van der Waals surface area contributed by atoms with Crippen LogP contribution in [-0.2, 0) is 4.79 Å².